The van der Waals surface area contributed by atoms with Gasteiger partial charge in [-0.3, -0.25) is 9.59 Å². The Kier molecular flexibility index (Phi) is 3.02. The molecule has 3 unspecified atom stereocenters. The number of hydrogen-bond acceptors (Lipinski definition) is 3. The second-order valence-electron chi connectivity index (χ2n) is 5.37. The molecule has 16 heavy (non-hydrogen) atoms. The smallest absolute Gasteiger partial charge is 0.320 e. The van der Waals surface area contributed by atoms with Gasteiger partial charge in [-0.2, -0.15) is 0 Å². The van der Waals surface area contributed by atoms with Gasteiger partial charge in [0.1, 0.15) is 6.04 Å². The van der Waals surface area contributed by atoms with Crippen molar-refractivity contribution in [1.29, 1.82) is 0 Å². The molecule has 0 aliphatic heterocycles. The van der Waals surface area contributed by atoms with Gasteiger partial charge in [0.05, 0.1) is 5.41 Å². The molecule has 1 aliphatic rings. The number of carboxylic acid groups (broad SMARTS) is 2. The fourth-order valence-electron chi connectivity index (χ4n) is 2.72. The highest BCUT2D eigenvalue weighted by Crippen LogP contribution is 2.56. The van der Waals surface area contributed by atoms with Gasteiger partial charge in [-0.25, -0.2) is 0 Å². The molecular formula is C11H19NO4. The minimum absolute atomic E-state index is 0.300. The SMILES string of the molecule is CC1(C(=O)O)CCC(C(N)C(=O)O)C1(C)C. The zero-order valence-corrected chi connectivity index (χ0v) is 9.86. The first kappa shape index (κ1) is 13.0. The van der Waals surface area contributed by atoms with Crippen LogP contribution in [0, 0.1) is 16.7 Å². The lowest BCUT2D eigenvalue weighted by atomic mass is 9.64. The van der Waals surface area contributed by atoms with Gasteiger partial charge in [0.2, 0.25) is 0 Å². The molecule has 0 aromatic heterocycles. The van der Waals surface area contributed by atoms with Gasteiger partial charge in [-0.15, -0.1) is 0 Å². The van der Waals surface area contributed by atoms with Crippen LogP contribution in [0.1, 0.15) is 33.6 Å². The highest BCUT2D eigenvalue weighted by molar-refractivity contribution is 5.77. The molecule has 0 saturated heterocycles. The minimum atomic E-state index is -1.06. The average Bonchev–Trinajstić information content (AvgIpc) is 2.38. The Hall–Kier alpha value is -1.10. The molecule has 1 saturated carbocycles. The van der Waals surface area contributed by atoms with Gasteiger partial charge >= 0.3 is 11.9 Å². The second kappa shape index (κ2) is 3.73. The predicted molar refractivity (Wildman–Crippen MR) is 57.9 cm³/mol. The van der Waals surface area contributed by atoms with Crippen LogP contribution in [0.25, 0.3) is 0 Å². The molecule has 0 aromatic rings. The van der Waals surface area contributed by atoms with Crippen molar-refractivity contribution in [3.05, 3.63) is 0 Å². The lowest BCUT2D eigenvalue weighted by Crippen LogP contribution is -2.48. The van der Waals surface area contributed by atoms with Gasteiger partial charge in [0.15, 0.2) is 0 Å². The Morgan fingerprint density at radius 2 is 1.81 bits per heavy atom. The van der Waals surface area contributed by atoms with Crippen molar-refractivity contribution < 1.29 is 19.8 Å². The van der Waals surface area contributed by atoms with Crippen LogP contribution in [-0.4, -0.2) is 28.2 Å². The van der Waals surface area contributed by atoms with Crippen molar-refractivity contribution in [3.8, 4) is 0 Å². The van der Waals surface area contributed by atoms with E-state index in [-0.39, 0.29) is 5.92 Å². The third-order valence-electron chi connectivity index (χ3n) is 4.50. The second-order valence-corrected chi connectivity index (χ2v) is 5.37. The van der Waals surface area contributed by atoms with Crippen molar-refractivity contribution >= 4 is 11.9 Å². The van der Waals surface area contributed by atoms with Crippen molar-refractivity contribution in [1.82, 2.24) is 0 Å². The molecule has 5 nitrogen and oxygen atoms in total. The Bertz CT molecular complexity index is 326. The molecule has 3 atom stereocenters. The van der Waals surface area contributed by atoms with E-state index in [0.29, 0.717) is 12.8 Å². The van der Waals surface area contributed by atoms with Crippen LogP contribution >= 0.6 is 0 Å². The number of hydrogen-bond donors (Lipinski definition) is 3. The monoisotopic (exact) mass is 229 g/mol. The van der Waals surface area contributed by atoms with Crippen molar-refractivity contribution in [2.45, 2.75) is 39.7 Å². The van der Waals surface area contributed by atoms with E-state index in [0.717, 1.165) is 0 Å². The van der Waals surface area contributed by atoms with E-state index < -0.39 is 28.8 Å². The first-order valence-corrected chi connectivity index (χ1v) is 5.36. The highest BCUT2D eigenvalue weighted by atomic mass is 16.4. The summed E-state index contributed by atoms with van der Waals surface area (Å²) in [6.45, 7) is 5.26. The topological polar surface area (TPSA) is 101 Å². The third-order valence-corrected chi connectivity index (χ3v) is 4.50. The third kappa shape index (κ3) is 1.59. The lowest BCUT2D eigenvalue weighted by Gasteiger charge is -2.39. The largest absolute Gasteiger partial charge is 0.481 e. The van der Waals surface area contributed by atoms with Gasteiger partial charge in [-0.1, -0.05) is 13.8 Å². The van der Waals surface area contributed by atoms with Crippen LogP contribution in [0.5, 0.6) is 0 Å². The summed E-state index contributed by atoms with van der Waals surface area (Å²) in [4.78, 5) is 22.2. The van der Waals surface area contributed by atoms with Crippen LogP contribution in [0.2, 0.25) is 0 Å². The molecule has 0 radical (unpaired) electrons. The van der Waals surface area contributed by atoms with Gasteiger partial charge in [-0.05, 0) is 31.1 Å². The molecule has 0 aromatic carbocycles. The zero-order valence-electron chi connectivity index (χ0n) is 9.86. The molecule has 1 rings (SSSR count). The molecule has 1 aliphatic carbocycles. The number of aliphatic carboxylic acids is 2. The molecular weight excluding hydrogens is 210 g/mol. The average molecular weight is 229 g/mol. The first-order valence-electron chi connectivity index (χ1n) is 5.36. The predicted octanol–water partition coefficient (Wildman–Crippen LogP) is 0.925. The van der Waals surface area contributed by atoms with Crippen LogP contribution in [0.3, 0.4) is 0 Å². The number of carboxylic acids is 2. The number of nitrogens with two attached hydrogens (primary N) is 1. The fraction of sp³-hybridized carbons (Fsp3) is 0.818. The maximum absolute atomic E-state index is 11.3. The Balaban J connectivity index is 3.05. The van der Waals surface area contributed by atoms with Crippen molar-refractivity contribution in [2.24, 2.45) is 22.5 Å². The van der Waals surface area contributed by atoms with Crippen LogP contribution in [0.4, 0.5) is 0 Å². The van der Waals surface area contributed by atoms with Crippen LogP contribution in [0.15, 0.2) is 0 Å². The summed E-state index contributed by atoms with van der Waals surface area (Å²) in [7, 11) is 0. The molecule has 4 N–H and O–H groups in total. The summed E-state index contributed by atoms with van der Waals surface area (Å²) in [5.74, 6) is -2.24. The van der Waals surface area contributed by atoms with Gasteiger partial charge in [0.25, 0.3) is 0 Å². The van der Waals surface area contributed by atoms with E-state index in [2.05, 4.69) is 0 Å². The Morgan fingerprint density at radius 1 is 1.31 bits per heavy atom. The number of carbonyl (C=O) groups is 2. The van der Waals surface area contributed by atoms with Gasteiger partial charge in [0, 0.05) is 0 Å². The summed E-state index contributed by atoms with van der Waals surface area (Å²) >= 11 is 0. The Labute approximate surface area is 94.6 Å². The summed E-state index contributed by atoms with van der Waals surface area (Å²) < 4.78 is 0. The van der Waals surface area contributed by atoms with Crippen molar-refractivity contribution in [2.75, 3.05) is 0 Å². The van der Waals surface area contributed by atoms with Crippen LogP contribution in [-0.2, 0) is 9.59 Å². The minimum Gasteiger partial charge on any atom is -0.481 e. The normalized spacial score (nSPS) is 34.6. The highest BCUT2D eigenvalue weighted by Gasteiger charge is 2.58. The van der Waals surface area contributed by atoms with E-state index in [1.807, 2.05) is 0 Å². The van der Waals surface area contributed by atoms with E-state index >= 15 is 0 Å². The standard InChI is InChI=1S/C11H19NO4/c1-10(2)6(7(12)8(13)14)4-5-11(10,3)9(15)16/h6-7H,4-5,12H2,1-3H3,(H,13,14)(H,15,16). The Morgan fingerprint density at radius 3 is 2.12 bits per heavy atom. The molecule has 5 heteroatoms. The summed E-state index contributed by atoms with van der Waals surface area (Å²) in [5.41, 5.74) is 4.11. The molecule has 0 bridgehead atoms. The quantitative estimate of drug-likeness (QED) is 0.668. The summed E-state index contributed by atoms with van der Waals surface area (Å²) in [6, 6.07) is -0.990. The van der Waals surface area contributed by atoms with E-state index in [1.54, 1.807) is 20.8 Å². The van der Waals surface area contributed by atoms with E-state index in [9.17, 15) is 14.7 Å². The maximum Gasteiger partial charge on any atom is 0.320 e. The fourth-order valence-corrected chi connectivity index (χ4v) is 2.72. The lowest BCUT2D eigenvalue weighted by molar-refractivity contribution is -0.156. The summed E-state index contributed by atoms with van der Waals surface area (Å²) in [6.07, 6.45) is 1.02. The summed E-state index contributed by atoms with van der Waals surface area (Å²) in [5, 5.41) is 18.2. The first-order chi connectivity index (χ1) is 7.14. The van der Waals surface area contributed by atoms with Gasteiger partial charge < -0.3 is 15.9 Å². The van der Waals surface area contributed by atoms with Crippen molar-refractivity contribution in [3.63, 3.8) is 0 Å². The number of rotatable bonds is 3. The molecule has 0 heterocycles. The molecule has 0 spiro atoms. The van der Waals surface area contributed by atoms with Crippen LogP contribution < -0.4 is 5.73 Å². The molecule has 1 fully saturated rings. The van der Waals surface area contributed by atoms with E-state index in [1.165, 1.54) is 0 Å². The van der Waals surface area contributed by atoms with E-state index in [4.69, 9.17) is 10.8 Å². The molecule has 92 valence electrons. The molecule has 0 amide bonds. The maximum atomic E-state index is 11.3. The zero-order chi connectivity index (χ0) is 12.7.